The standard InChI is InChI=1S/C19H22N4O3S/c1-22-16(24)14-10-23(18(25)26-11-13-6-3-2-4-7-13)12-19(14,21-17(22)20)15-8-5-9-27-15/h2-7,9,14-15H,8,10-12H2,1H3,(H2,20,21). The molecule has 7 nitrogen and oxygen atoms in total. The molecule has 3 heterocycles. The van der Waals surface area contributed by atoms with Crippen LogP contribution < -0.4 is 5.73 Å². The molecule has 3 unspecified atom stereocenters. The maximum atomic E-state index is 12.9. The van der Waals surface area contributed by atoms with Crippen LogP contribution in [-0.2, 0) is 16.1 Å². The molecule has 3 atom stereocenters. The zero-order valence-corrected chi connectivity index (χ0v) is 15.9. The number of carbonyl (C=O) groups is 2. The first-order valence-corrected chi connectivity index (χ1v) is 9.84. The number of aliphatic imine (C=N–C) groups is 1. The minimum Gasteiger partial charge on any atom is -0.445 e. The number of guanidine groups is 1. The van der Waals surface area contributed by atoms with E-state index in [0.717, 1.165) is 12.0 Å². The Morgan fingerprint density at radius 1 is 1.41 bits per heavy atom. The third kappa shape index (κ3) is 3.07. The molecule has 1 aromatic rings. The highest BCUT2D eigenvalue weighted by molar-refractivity contribution is 8.03. The van der Waals surface area contributed by atoms with Gasteiger partial charge in [0.15, 0.2) is 5.96 Å². The summed E-state index contributed by atoms with van der Waals surface area (Å²) in [6.07, 6.45) is 2.46. The number of carbonyl (C=O) groups excluding carboxylic acids is 2. The molecule has 0 radical (unpaired) electrons. The van der Waals surface area contributed by atoms with Gasteiger partial charge >= 0.3 is 6.09 Å². The van der Waals surface area contributed by atoms with Crippen LogP contribution in [0.3, 0.4) is 0 Å². The number of likely N-dealkylation sites (tertiary alicyclic amines) is 1. The highest BCUT2D eigenvalue weighted by Crippen LogP contribution is 2.46. The number of hydrogen-bond donors (Lipinski definition) is 1. The molecule has 4 rings (SSSR count). The van der Waals surface area contributed by atoms with Gasteiger partial charge in [-0.3, -0.25) is 9.69 Å². The summed E-state index contributed by atoms with van der Waals surface area (Å²) in [5, 5.41) is 2.12. The minimum atomic E-state index is -0.701. The maximum Gasteiger partial charge on any atom is 0.410 e. The molecule has 27 heavy (non-hydrogen) atoms. The van der Waals surface area contributed by atoms with Gasteiger partial charge in [0.25, 0.3) is 0 Å². The van der Waals surface area contributed by atoms with E-state index in [1.165, 1.54) is 4.90 Å². The monoisotopic (exact) mass is 386 g/mol. The summed E-state index contributed by atoms with van der Waals surface area (Å²) in [5.74, 6) is -0.284. The predicted molar refractivity (Wildman–Crippen MR) is 104 cm³/mol. The Morgan fingerprint density at radius 3 is 2.89 bits per heavy atom. The quantitative estimate of drug-likeness (QED) is 0.856. The van der Waals surface area contributed by atoms with Crippen LogP contribution >= 0.6 is 11.8 Å². The smallest absolute Gasteiger partial charge is 0.410 e. The Kier molecular flexibility index (Phi) is 4.59. The molecule has 142 valence electrons. The van der Waals surface area contributed by atoms with Gasteiger partial charge in [0, 0.05) is 18.8 Å². The molecule has 1 aromatic carbocycles. The number of thioether (sulfide) groups is 1. The molecule has 1 saturated heterocycles. The number of benzene rings is 1. The van der Waals surface area contributed by atoms with Crippen LogP contribution in [0.4, 0.5) is 4.79 Å². The van der Waals surface area contributed by atoms with Crippen LogP contribution in [0, 0.1) is 5.92 Å². The van der Waals surface area contributed by atoms with Gasteiger partial charge in [-0.2, -0.15) is 0 Å². The fourth-order valence-corrected chi connectivity index (χ4v) is 5.12. The van der Waals surface area contributed by atoms with Crippen molar-refractivity contribution in [2.24, 2.45) is 16.6 Å². The molecule has 0 bridgehead atoms. The molecule has 0 spiro atoms. The van der Waals surface area contributed by atoms with E-state index < -0.39 is 17.6 Å². The van der Waals surface area contributed by atoms with Crippen molar-refractivity contribution < 1.29 is 14.3 Å². The lowest BCUT2D eigenvalue weighted by atomic mass is 9.81. The topological polar surface area (TPSA) is 88.2 Å². The minimum absolute atomic E-state index is 0.0885. The van der Waals surface area contributed by atoms with Crippen LogP contribution in [0.2, 0.25) is 0 Å². The fraction of sp³-hybridized carbons (Fsp3) is 0.421. The molecule has 2 amide bonds. The van der Waals surface area contributed by atoms with Gasteiger partial charge in [0.2, 0.25) is 5.91 Å². The number of rotatable bonds is 3. The summed E-state index contributed by atoms with van der Waals surface area (Å²) in [7, 11) is 1.63. The predicted octanol–water partition coefficient (Wildman–Crippen LogP) is 1.80. The van der Waals surface area contributed by atoms with Crippen molar-refractivity contribution in [2.75, 3.05) is 20.1 Å². The van der Waals surface area contributed by atoms with Gasteiger partial charge in [-0.25, -0.2) is 9.79 Å². The molecule has 3 aliphatic heterocycles. The average Bonchev–Trinajstić information content (AvgIpc) is 3.34. The lowest BCUT2D eigenvalue weighted by molar-refractivity contribution is -0.132. The van der Waals surface area contributed by atoms with Gasteiger partial charge in [-0.1, -0.05) is 36.4 Å². The van der Waals surface area contributed by atoms with Crippen molar-refractivity contribution in [1.82, 2.24) is 9.80 Å². The lowest BCUT2D eigenvalue weighted by Crippen LogP contribution is -2.59. The van der Waals surface area contributed by atoms with Crippen molar-refractivity contribution >= 4 is 29.7 Å². The number of allylic oxidation sites excluding steroid dienone is 1. The van der Waals surface area contributed by atoms with Crippen molar-refractivity contribution in [1.29, 1.82) is 0 Å². The Labute approximate surface area is 162 Å². The van der Waals surface area contributed by atoms with E-state index in [-0.39, 0.29) is 23.7 Å². The third-order valence-corrected chi connectivity index (χ3v) is 6.73. The number of nitrogens with zero attached hydrogens (tertiary/aromatic N) is 3. The van der Waals surface area contributed by atoms with Crippen LogP contribution in [0.25, 0.3) is 0 Å². The highest BCUT2D eigenvalue weighted by Gasteiger charge is 2.59. The second-order valence-electron chi connectivity index (χ2n) is 7.06. The van der Waals surface area contributed by atoms with Gasteiger partial charge in [-0.15, -0.1) is 11.8 Å². The van der Waals surface area contributed by atoms with Gasteiger partial charge in [0.05, 0.1) is 12.5 Å². The normalized spacial score (nSPS) is 29.7. The Balaban J connectivity index is 1.54. The number of amides is 2. The number of hydrogen-bond acceptors (Lipinski definition) is 6. The summed E-state index contributed by atoms with van der Waals surface area (Å²) < 4.78 is 5.47. The average molecular weight is 386 g/mol. The maximum absolute atomic E-state index is 12.9. The lowest BCUT2D eigenvalue weighted by Gasteiger charge is -2.40. The van der Waals surface area contributed by atoms with Crippen LogP contribution in [0.15, 0.2) is 46.8 Å². The molecular weight excluding hydrogens is 364 g/mol. The molecule has 2 N–H and O–H groups in total. The van der Waals surface area contributed by atoms with Crippen molar-refractivity contribution in [3.63, 3.8) is 0 Å². The molecule has 8 heteroatoms. The third-order valence-electron chi connectivity index (χ3n) is 5.46. The second-order valence-corrected chi connectivity index (χ2v) is 8.18. The number of ether oxygens (including phenoxy) is 1. The van der Waals surface area contributed by atoms with E-state index in [0.29, 0.717) is 13.1 Å². The Hall–Kier alpha value is -2.48. The number of fused-ring (bicyclic) bond motifs is 1. The van der Waals surface area contributed by atoms with E-state index in [9.17, 15) is 9.59 Å². The first-order valence-electron chi connectivity index (χ1n) is 8.90. The second kappa shape index (κ2) is 6.92. The van der Waals surface area contributed by atoms with E-state index in [2.05, 4.69) is 6.08 Å². The van der Waals surface area contributed by atoms with E-state index in [1.54, 1.807) is 23.7 Å². The largest absolute Gasteiger partial charge is 0.445 e. The van der Waals surface area contributed by atoms with Crippen LogP contribution in [0.1, 0.15) is 12.0 Å². The molecule has 1 fully saturated rings. The molecule has 0 aromatic heterocycles. The summed E-state index contributed by atoms with van der Waals surface area (Å²) in [4.78, 5) is 33.3. The molecule has 0 saturated carbocycles. The summed E-state index contributed by atoms with van der Waals surface area (Å²) in [6, 6.07) is 9.53. The Morgan fingerprint density at radius 2 is 2.19 bits per heavy atom. The zero-order chi connectivity index (χ0) is 19.0. The van der Waals surface area contributed by atoms with Crippen molar-refractivity contribution in [3.05, 3.63) is 47.4 Å². The zero-order valence-electron chi connectivity index (χ0n) is 15.1. The van der Waals surface area contributed by atoms with Crippen molar-refractivity contribution in [3.8, 4) is 0 Å². The summed E-state index contributed by atoms with van der Waals surface area (Å²) in [6.45, 7) is 0.836. The highest BCUT2D eigenvalue weighted by atomic mass is 32.2. The fourth-order valence-electron chi connectivity index (χ4n) is 3.95. The molecular formula is C19H22N4O3S. The van der Waals surface area contributed by atoms with Crippen LogP contribution in [0.5, 0.6) is 0 Å². The first-order chi connectivity index (χ1) is 13.0. The van der Waals surface area contributed by atoms with Crippen molar-refractivity contribution in [2.45, 2.75) is 23.8 Å². The van der Waals surface area contributed by atoms with E-state index in [1.807, 2.05) is 35.7 Å². The van der Waals surface area contributed by atoms with E-state index >= 15 is 0 Å². The summed E-state index contributed by atoms with van der Waals surface area (Å²) in [5.41, 5.74) is 6.25. The SMILES string of the molecule is CN1C(=O)C2CN(C(=O)OCc3ccccc3)CC2(C2CC=CS2)N=C1N. The summed E-state index contributed by atoms with van der Waals surface area (Å²) >= 11 is 1.65. The molecule has 3 aliphatic rings. The van der Waals surface area contributed by atoms with Gasteiger partial charge in [0.1, 0.15) is 12.1 Å². The van der Waals surface area contributed by atoms with Gasteiger partial charge < -0.3 is 15.4 Å². The van der Waals surface area contributed by atoms with Crippen LogP contribution in [-0.4, -0.2) is 58.7 Å². The van der Waals surface area contributed by atoms with E-state index in [4.69, 9.17) is 15.5 Å². The Bertz CT molecular complexity index is 804. The molecule has 0 aliphatic carbocycles. The number of nitrogens with two attached hydrogens (primary N) is 1. The first kappa shape index (κ1) is 17.9. The van der Waals surface area contributed by atoms with Gasteiger partial charge in [-0.05, 0) is 17.4 Å².